The lowest BCUT2D eigenvalue weighted by Crippen LogP contribution is -2.28. The third-order valence-electron chi connectivity index (χ3n) is 5.25. The van der Waals surface area contributed by atoms with Crippen LogP contribution in [-0.4, -0.2) is 43.6 Å². The van der Waals surface area contributed by atoms with E-state index in [1.807, 2.05) is 0 Å². The van der Waals surface area contributed by atoms with Crippen molar-refractivity contribution in [1.29, 1.82) is 0 Å². The molecule has 0 amide bonds. The van der Waals surface area contributed by atoms with Crippen LogP contribution in [-0.2, 0) is 13.2 Å². The number of hydrogen-bond acceptors (Lipinski definition) is 6. The summed E-state index contributed by atoms with van der Waals surface area (Å²) in [6.07, 6.45) is -3.85. The van der Waals surface area contributed by atoms with E-state index in [4.69, 9.17) is 16.3 Å². The predicted octanol–water partition coefficient (Wildman–Crippen LogP) is 5.02. The van der Waals surface area contributed by atoms with Crippen LogP contribution in [0.4, 0.5) is 17.6 Å². The van der Waals surface area contributed by atoms with E-state index in [2.05, 4.69) is 10.1 Å². The minimum Gasteiger partial charge on any atom is -0.481 e. The number of aromatic nitrogens is 4. The van der Waals surface area contributed by atoms with Gasteiger partial charge in [-0.25, -0.2) is 27.3 Å². The lowest BCUT2D eigenvalue weighted by Gasteiger charge is -2.19. The van der Waals surface area contributed by atoms with Gasteiger partial charge in [0.1, 0.15) is 29.9 Å². The van der Waals surface area contributed by atoms with Crippen molar-refractivity contribution in [2.75, 3.05) is 6.67 Å². The van der Waals surface area contributed by atoms with Gasteiger partial charge in [0, 0.05) is 18.8 Å². The first-order chi connectivity index (χ1) is 17.3. The Bertz CT molecular complexity index is 1440. The van der Waals surface area contributed by atoms with Crippen molar-refractivity contribution < 1.29 is 27.4 Å². The highest BCUT2D eigenvalue weighted by Gasteiger charge is 2.25. The molecule has 1 N–H and O–H groups in total. The zero-order valence-electron chi connectivity index (χ0n) is 18.7. The molecule has 0 aliphatic heterocycles. The maximum Gasteiger partial charge on any atom is 0.350 e. The molecule has 4 aromatic rings. The van der Waals surface area contributed by atoms with Crippen LogP contribution in [0.1, 0.15) is 12.7 Å². The van der Waals surface area contributed by atoms with E-state index < -0.39 is 37.3 Å². The summed E-state index contributed by atoms with van der Waals surface area (Å²) in [5, 5.41) is 14.5. The van der Waals surface area contributed by atoms with Gasteiger partial charge in [-0.2, -0.15) is 4.68 Å². The number of halogens is 5. The fourth-order valence-corrected chi connectivity index (χ4v) is 4.79. The summed E-state index contributed by atoms with van der Waals surface area (Å²) >= 11 is 6.99. The molecule has 2 heterocycles. The fourth-order valence-electron chi connectivity index (χ4n) is 3.55. The molecular weight excluding hydrogens is 524 g/mol. The fraction of sp³-hybridized carbons (Fsp3) is 0.261. The summed E-state index contributed by atoms with van der Waals surface area (Å²) < 4.78 is 62.3. The summed E-state index contributed by atoms with van der Waals surface area (Å²) in [5.74, 6) is -0.732. The normalized spacial score (nSPS) is 12.4. The second kappa shape index (κ2) is 10.9. The molecule has 2 aromatic carbocycles. The number of rotatable bonds is 9. The molecule has 0 spiro atoms. The van der Waals surface area contributed by atoms with Gasteiger partial charge in [-0.05, 0) is 36.6 Å². The average molecular weight is 543 g/mol. The zero-order valence-corrected chi connectivity index (χ0v) is 20.2. The van der Waals surface area contributed by atoms with E-state index in [9.17, 15) is 27.5 Å². The molecule has 0 radical (unpaired) electrons. The van der Waals surface area contributed by atoms with Crippen molar-refractivity contribution in [3.05, 3.63) is 69.7 Å². The van der Waals surface area contributed by atoms with Gasteiger partial charge in [-0.3, -0.25) is 4.57 Å². The van der Waals surface area contributed by atoms with E-state index in [0.717, 1.165) is 16.4 Å². The number of aliphatic hydroxyl groups is 1. The van der Waals surface area contributed by atoms with E-state index in [0.29, 0.717) is 5.39 Å². The SMILES string of the molecule is CCn1c(CO)nn(-c2cc(OC(CF)C(F)F)c3c(Sc4c(F)cccc4Cl)nccc3c2)c1=O. The Balaban J connectivity index is 1.95. The third kappa shape index (κ3) is 4.93. The Morgan fingerprint density at radius 1 is 1.25 bits per heavy atom. The van der Waals surface area contributed by atoms with Gasteiger partial charge in [0.05, 0.1) is 21.0 Å². The quantitative estimate of drug-likeness (QED) is 0.299. The molecule has 1 atom stereocenters. The van der Waals surface area contributed by atoms with Crippen molar-refractivity contribution in [1.82, 2.24) is 19.3 Å². The minimum absolute atomic E-state index is 0.0515. The van der Waals surface area contributed by atoms with E-state index in [1.165, 1.54) is 47.2 Å². The second-order valence-electron chi connectivity index (χ2n) is 7.47. The van der Waals surface area contributed by atoms with Crippen molar-refractivity contribution in [2.45, 2.75) is 42.5 Å². The lowest BCUT2D eigenvalue weighted by atomic mass is 10.1. The number of alkyl halides is 3. The van der Waals surface area contributed by atoms with Gasteiger partial charge in [-0.15, -0.1) is 5.10 Å². The van der Waals surface area contributed by atoms with Crippen molar-refractivity contribution >= 4 is 34.1 Å². The molecule has 0 aliphatic rings. The topological polar surface area (TPSA) is 82.2 Å². The third-order valence-corrected chi connectivity index (χ3v) is 6.80. The molecule has 1 unspecified atom stereocenters. The van der Waals surface area contributed by atoms with E-state index in [-0.39, 0.29) is 44.1 Å². The van der Waals surface area contributed by atoms with Crippen LogP contribution in [0, 0.1) is 5.82 Å². The van der Waals surface area contributed by atoms with Gasteiger partial charge in [0.2, 0.25) is 0 Å². The lowest BCUT2D eigenvalue weighted by molar-refractivity contribution is -0.000445. The summed E-state index contributed by atoms with van der Waals surface area (Å²) in [7, 11) is 0. The minimum atomic E-state index is -3.15. The van der Waals surface area contributed by atoms with E-state index in [1.54, 1.807) is 6.92 Å². The highest BCUT2D eigenvalue weighted by atomic mass is 35.5. The van der Waals surface area contributed by atoms with Gasteiger partial charge >= 0.3 is 5.69 Å². The number of benzene rings is 2. The van der Waals surface area contributed by atoms with Gasteiger partial charge in [0.25, 0.3) is 6.43 Å². The van der Waals surface area contributed by atoms with Crippen LogP contribution in [0.2, 0.25) is 5.02 Å². The van der Waals surface area contributed by atoms with Gasteiger partial charge < -0.3 is 9.84 Å². The molecule has 4 rings (SSSR count). The average Bonchev–Trinajstić information content (AvgIpc) is 3.19. The predicted molar refractivity (Wildman–Crippen MR) is 127 cm³/mol. The number of ether oxygens (including phenoxy) is 1. The molecular formula is C23H19ClF4N4O3S. The van der Waals surface area contributed by atoms with Crippen molar-refractivity contribution in [3.63, 3.8) is 0 Å². The summed E-state index contributed by atoms with van der Waals surface area (Å²) in [4.78, 5) is 17.2. The highest BCUT2D eigenvalue weighted by Crippen LogP contribution is 2.41. The summed E-state index contributed by atoms with van der Waals surface area (Å²) in [6, 6.07) is 8.43. The Kier molecular flexibility index (Phi) is 7.86. The van der Waals surface area contributed by atoms with Crippen LogP contribution >= 0.6 is 23.4 Å². The number of hydrogen-bond donors (Lipinski definition) is 1. The molecule has 190 valence electrons. The molecule has 13 heteroatoms. The number of nitrogens with zero attached hydrogens (tertiary/aromatic N) is 4. The van der Waals surface area contributed by atoms with Gasteiger partial charge in [0.15, 0.2) is 11.9 Å². The Morgan fingerprint density at radius 3 is 2.64 bits per heavy atom. The molecule has 2 aromatic heterocycles. The Labute approximate surface area is 211 Å². The monoisotopic (exact) mass is 542 g/mol. The van der Waals surface area contributed by atoms with Crippen molar-refractivity contribution in [3.8, 4) is 11.4 Å². The highest BCUT2D eigenvalue weighted by molar-refractivity contribution is 7.99. The summed E-state index contributed by atoms with van der Waals surface area (Å²) in [6.45, 7) is -0.0607. The van der Waals surface area contributed by atoms with Crippen molar-refractivity contribution in [2.24, 2.45) is 0 Å². The van der Waals surface area contributed by atoms with Crippen LogP contribution in [0.3, 0.4) is 0 Å². The molecule has 0 aliphatic carbocycles. The largest absolute Gasteiger partial charge is 0.481 e. The molecule has 0 saturated heterocycles. The van der Waals surface area contributed by atoms with Crippen LogP contribution < -0.4 is 10.4 Å². The summed E-state index contributed by atoms with van der Waals surface area (Å²) in [5.41, 5.74) is -0.452. The molecule has 0 saturated carbocycles. The Hall–Kier alpha value is -3.09. The molecule has 0 fully saturated rings. The maximum absolute atomic E-state index is 14.5. The maximum atomic E-state index is 14.5. The first-order valence-electron chi connectivity index (χ1n) is 10.6. The Morgan fingerprint density at radius 2 is 2.03 bits per heavy atom. The molecule has 0 bridgehead atoms. The molecule has 7 nitrogen and oxygen atoms in total. The number of pyridine rings is 1. The zero-order chi connectivity index (χ0) is 26.0. The van der Waals surface area contributed by atoms with Gasteiger partial charge in [-0.1, -0.05) is 29.4 Å². The number of aliphatic hydroxyl groups excluding tert-OH is 1. The van der Waals surface area contributed by atoms with E-state index >= 15 is 0 Å². The second-order valence-corrected chi connectivity index (χ2v) is 8.88. The van der Waals surface area contributed by atoms with Crippen LogP contribution in [0.15, 0.2) is 57.3 Å². The standard InChI is InChI=1S/C23H19ClF4N4O3S/c1-2-31-18(11-33)30-32(23(31)34)13-8-12-6-7-29-22(36-20-14(24)4-3-5-15(20)26)19(12)16(9-13)35-17(10-25)21(27)28/h3-9,17,21,33H,2,10-11H2,1H3. The smallest absolute Gasteiger partial charge is 0.350 e. The van der Waals surface area contributed by atoms with Crippen LogP contribution in [0.5, 0.6) is 5.75 Å². The first kappa shape index (κ1) is 26.0. The molecule has 36 heavy (non-hydrogen) atoms. The number of fused-ring (bicyclic) bond motifs is 1. The van der Waals surface area contributed by atoms with Crippen LogP contribution in [0.25, 0.3) is 16.5 Å². The first-order valence-corrected chi connectivity index (χ1v) is 11.8.